The molecule has 0 spiro atoms. The van der Waals surface area contributed by atoms with Gasteiger partial charge in [0.15, 0.2) is 0 Å². The van der Waals surface area contributed by atoms with Crippen LogP contribution in [0.2, 0.25) is 0 Å². The smallest absolute Gasteiger partial charge is 0.147 e. The Labute approximate surface area is 117 Å². The molecule has 2 aromatic heterocycles. The van der Waals surface area contributed by atoms with Gasteiger partial charge in [0.25, 0.3) is 0 Å². The topological polar surface area (TPSA) is 75.9 Å². The monoisotopic (exact) mass is 273 g/mol. The molecule has 0 radical (unpaired) electrons. The van der Waals surface area contributed by atoms with Crippen molar-refractivity contribution in [3.63, 3.8) is 0 Å². The van der Waals surface area contributed by atoms with Crippen LogP contribution in [0.1, 0.15) is 29.5 Å². The first-order valence-corrected chi connectivity index (χ1v) is 6.91. The van der Waals surface area contributed by atoms with Crippen LogP contribution in [0, 0.1) is 13.8 Å². The lowest BCUT2D eigenvalue weighted by atomic mass is 10.1. The van der Waals surface area contributed by atoms with Crippen molar-refractivity contribution in [2.24, 2.45) is 0 Å². The van der Waals surface area contributed by atoms with Gasteiger partial charge in [-0.2, -0.15) is 5.10 Å². The maximum absolute atomic E-state index is 9.80. The molecule has 6 heteroatoms. The second kappa shape index (κ2) is 5.20. The summed E-state index contributed by atoms with van der Waals surface area (Å²) in [5, 5.41) is 17.6. The maximum Gasteiger partial charge on any atom is 0.147 e. The highest BCUT2D eigenvalue weighted by atomic mass is 16.3. The molecule has 0 amide bonds. The Kier molecular flexibility index (Phi) is 3.40. The van der Waals surface area contributed by atoms with Gasteiger partial charge in [0.2, 0.25) is 0 Å². The molecule has 1 aliphatic rings. The Balaban J connectivity index is 1.64. The van der Waals surface area contributed by atoms with Crippen molar-refractivity contribution in [1.82, 2.24) is 25.1 Å². The fourth-order valence-corrected chi connectivity index (χ4v) is 2.57. The highest BCUT2D eigenvalue weighted by Crippen LogP contribution is 2.17. The van der Waals surface area contributed by atoms with E-state index in [0.717, 1.165) is 36.7 Å². The van der Waals surface area contributed by atoms with Gasteiger partial charge in [-0.15, -0.1) is 0 Å². The molecule has 0 aromatic carbocycles. The number of rotatable bonds is 3. The number of nitrogens with one attached hydrogen (secondary N) is 1. The third-order valence-corrected chi connectivity index (χ3v) is 3.61. The average Bonchev–Trinajstić information content (AvgIpc) is 2.79. The lowest BCUT2D eigenvalue weighted by Gasteiger charge is -2.23. The first-order chi connectivity index (χ1) is 9.61. The number of fused-ring (bicyclic) bond motifs is 1. The van der Waals surface area contributed by atoms with Crippen LogP contribution in [0.4, 0.5) is 0 Å². The normalized spacial score (nSPS) is 18.0. The lowest BCUT2D eigenvalue weighted by Crippen LogP contribution is -2.37. The van der Waals surface area contributed by atoms with Gasteiger partial charge >= 0.3 is 0 Å². The zero-order valence-electron chi connectivity index (χ0n) is 11.8. The van der Waals surface area contributed by atoms with Crippen LogP contribution < -0.4 is 5.32 Å². The van der Waals surface area contributed by atoms with Gasteiger partial charge in [-0.3, -0.25) is 4.98 Å². The summed E-state index contributed by atoms with van der Waals surface area (Å²) >= 11 is 0. The minimum absolute atomic E-state index is 0.246. The van der Waals surface area contributed by atoms with Crippen molar-refractivity contribution in [2.45, 2.75) is 45.8 Å². The fourth-order valence-electron chi connectivity index (χ4n) is 2.57. The molecule has 2 aromatic rings. The molecule has 3 rings (SSSR count). The average molecular weight is 273 g/mol. The number of aryl methyl sites for hydroxylation is 3. The van der Waals surface area contributed by atoms with E-state index in [0.29, 0.717) is 18.3 Å². The van der Waals surface area contributed by atoms with E-state index in [2.05, 4.69) is 20.4 Å². The molecule has 0 bridgehead atoms. The van der Waals surface area contributed by atoms with E-state index in [4.69, 9.17) is 0 Å². The summed E-state index contributed by atoms with van der Waals surface area (Å²) in [7, 11) is 0. The Bertz CT molecular complexity index is 622. The molecule has 6 nitrogen and oxygen atoms in total. The SMILES string of the molecule is Cc1ccc(O)c(CNC2CCc3nc(C)nn3C2)n1. The van der Waals surface area contributed by atoms with Crippen LogP contribution in [0.3, 0.4) is 0 Å². The molecular formula is C14H19N5O. The summed E-state index contributed by atoms with van der Waals surface area (Å²) in [4.78, 5) is 8.76. The lowest BCUT2D eigenvalue weighted by molar-refractivity contribution is 0.353. The Morgan fingerprint density at radius 3 is 3.05 bits per heavy atom. The molecule has 1 unspecified atom stereocenters. The molecule has 1 atom stereocenters. The second-order valence-electron chi connectivity index (χ2n) is 5.29. The zero-order chi connectivity index (χ0) is 14.1. The molecule has 0 saturated heterocycles. The number of aromatic hydroxyl groups is 1. The Morgan fingerprint density at radius 2 is 2.20 bits per heavy atom. The first kappa shape index (κ1) is 13.1. The summed E-state index contributed by atoms with van der Waals surface area (Å²) < 4.78 is 1.97. The molecule has 106 valence electrons. The van der Waals surface area contributed by atoms with Crippen LogP contribution in [0.25, 0.3) is 0 Å². The summed E-state index contributed by atoms with van der Waals surface area (Å²) in [6, 6.07) is 3.84. The van der Waals surface area contributed by atoms with Crippen molar-refractivity contribution < 1.29 is 5.11 Å². The van der Waals surface area contributed by atoms with E-state index >= 15 is 0 Å². The van der Waals surface area contributed by atoms with Crippen molar-refractivity contribution in [2.75, 3.05) is 0 Å². The largest absolute Gasteiger partial charge is 0.506 e. The molecule has 3 heterocycles. The maximum atomic E-state index is 9.80. The predicted octanol–water partition coefficient (Wildman–Crippen LogP) is 1.10. The third-order valence-electron chi connectivity index (χ3n) is 3.61. The van der Waals surface area contributed by atoms with Crippen LogP contribution in [0.15, 0.2) is 12.1 Å². The summed E-state index contributed by atoms with van der Waals surface area (Å²) in [6.07, 6.45) is 1.97. The molecule has 20 heavy (non-hydrogen) atoms. The van der Waals surface area contributed by atoms with Crippen LogP contribution in [0.5, 0.6) is 5.75 Å². The van der Waals surface area contributed by atoms with Gasteiger partial charge in [0, 0.05) is 24.7 Å². The summed E-state index contributed by atoms with van der Waals surface area (Å²) in [5.74, 6) is 2.15. The van der Waals surface area contributed by atoms with E-state index in [1.54, 1.807) is 6.07 Å². The van der Waals surface area contributed by atoms with Gasteiger partial charge in [0.1, 0.15) is 17.4 Å². The molecule has 1 aliphatic heterocycles. The van der Waals surface area contributed by atoms with Crippen LogP contribution in [-0.2, 0) is 19.5 Å². The van der Waals surface area contributed by atoms with Gasteiger partial charge in [0.05, 0.1) is 12.2 Å². The second-order valence-corrected chi connectivity index (χ2v) is 5.29. The fraction of sp³-hybridized carbons (Fsp3) is 0.500. The standard InChI is InChI=1S/C14H19N5O/c1-9-3-5-13(20)12(16-9)7-15-11-4-6-14-17-10(2)18-19(14)8-11/h3,5,11,15,20H,4,6-8H2,1-2H3. The summed E-state index contributed by atoms with van der Waals surface area (Å²) in [6.45, 7) is 5.24. The number of aromatic nitrogens is 4. The summed E-state index contributed by atoms with van der Waals surface area (Å²) in [5.41, 5.74) is 1.61. The van der Waals surface area contributed by atoms with Gasteiger partial charge < -0.3 is 10.4 Å². The van der Waals surface area contributed by atoms with Crippen molar-refractivity contribution in [3.05, 3.63) is 35.2 Å². The molecule has 2 N–H and O–H groups in total. The van der Waals surface area contributed by atoms with E-state index in [9.17, 15) is 5.11 Å². The first-order valence-electron chi connectivity index (χ1n) is 6.91. The van der Waals surface area contributed by atoms with E-state index in [1.807, 2.05) is 24.6 Å². The molecule has 0 fully saturated rings. The van der Waals surface area contributed by atoms with Gasteiger partial charge in [-0.1, -0.05) is 0 Å². The third kappa shape index (κ3) is 2.65. The molecular weight excluding hydrogens is 254 g/mol. The minimum Gasteiger partial charge on any atom is -0.506 e. The quantitative estimate of drug-likeness (QED) is 0.876. The molecule has 0 saturated carbocycles. The van der Waals surface area contributed by atoms with Gasteiger partial charge in [-0.25, -0.2) is 9.67 Å². The van der Waals surface area contributed by atoms with Crippen LogP contribution in [-0.4, -0.2) is 30.9 Å². The number of nitrogens with zero attached hydrogens (tertiary/aromatic N) is 4. The Morgan fingerprint density at radius 1 is 1.35 bits per heavy atom. The van der Waals surface area contributed by atoms with E-state index < -0.39 is 0 Å². The van der Waals surface area contributed by atoms with E-state index in [-0.39, 0.29) is 5.75 Å². The van der Waals surface area contributed by atoms with Crippen LogP contribution >= 0.6 is 0 Å². The molecule has 0 aliphatic carbocycles. The zero-order valence-corrected chi connectivity index (χ0v) is 11.8. The van der Waals surface area contributed by atoms with Gasteiger partial charge in [-0.05, 0) is 32.4 Å². The number of hydrogen-bond acceptors (Lipinski definition) is 5. The highest BCUT2D eigenvalue weighted by molar-refractivity contribution is 5.27. The van der Waals surface area contributed by atoms with E-state index in [1.165, 1.54) is 0 Å². The predicted molar refractivity (Wildman–Crippen MR) is 74.3 cm³/mol. The van der Waals surface area contributed by atoms with Crippen molar-refractivity contribution >= 4 is 0 Å². The highest BCUT2D eigenvalue weighted by Gasteiger charge is 2.20. The Hall–Kier alpha value is -1.95. The van der Waals surface area contributed by atoms with Crippen molar-refractivity contribution in [1.29, 1.82) is 0 Å². The number of hydrogen-bond donors (Lipinski definition) is 2. The minimum atomic E-state index is 0.246. The van der Waals surface area contributed by atoms with Crippen molar-refractivity contribution in [3.8, 4) is 5.75 Å². The number of pyridine rings is 1.